The minimum atomic E-state index is -0.564. The average Bonchev–Trinajstić information content (AvgIpc) is 2.79. The Kier molecular flexibility index (Phi) is 6.43. The summed E-state index contributed by atoms with van der Waals surface area (Å²) >= 11 is 7.13. The van der Waals surface area contributed by atoms with Crippen molar-refractivity contribution in [3.63, 3.8) is 0 Å². The third-order valence-electron chi connectivity index (χ3n) is 4.61. The SMILES string of the molecule is COc1ccc(NC(=O)CSc2nc3ccccc3c(=O)n2-c2ccccc2F)cc1Cl. The summed E-state index contributed by atoms with van der Waals surface area (Å²) in [6, 6.07) is 17.6. The van der Waals surface area contributed by atoms with E-state index in [1.807, 2.05) is 0 Å². The van der Waals surface area contributed by atoms with Gasteiger partial charge in [-0.2, -0.15) is 0 Å². The van der Waals surface area contributed by atoms with Gasteiger partial charge in [0.15, 0.2) is 5.16 Å². The summed E-state index contributed by atoms with van der Waals surface area (Å²) in [5.74, 6) is -0.457. The number of hydrogen-bond acceptors (Lipinski definition) is 5. The molecule has 0 aliphatic heterocycles. The van der Waals surface area contributed by atoms with E-state index >= 15 is 0 Å². The quantitative estimate of drug-likeness (QED) is 0.320. The highest BCUT2D eigenvalue weighted by molar-refractivity contribution is 7.99. The van der Waals surface area contributed by atoms with Gasteiger partial charge >= 0.3 is 0 Å². The normalized spacial score (nSPS) is 10.8. The van der Waals surface area contributed by atoms with Gasteiger partial charge in [0.2, 0.25) is 5.91 Å². The molecule has 1 heterocycles. The van der Waals surface area contributed by atoms with Gasteiger partial charge in [0.1, 0.15) is 11.6 Å². The van der Waals surface area contributed by atoms with Crippen LogP contribution in [0.1, 0.15) is 0 Å². The predicted octanol–water partition coefficient (Wildman–Crippen LogP) is 4.92. The van der Waals surface area contributed by atoms with Gasteiger partial charge in [0.05, 0.1) is 34.5 Å². The second kappa shape index (κ2) is 9.42. The van der Waals surface area contributed by atoms with Crippen LogP contribution in [0.5, 0.6) is 5.75 Å². The van der Waals surface area contributed by atoms with Gasteiger partial charge in [-0.15, -0.1) is 0 Å². The molecule has 0 saturated carbocycles. The van der Waals surface area contributed by atoms with Crippen LogP contribution in [-0.2, 0) is 4.79 Å². The number of fused-ring (bicyclic) bond motifs is 1. The zero-order valence-electron chi connectivity index (χ0n) is 16.8. The highest BCUT2D eigenvalue weighted by Gasteiger charge is 2.17. The van der Waals surface area contributed by atoms with E-state index in [2.05, 4.69) is 10.3 Å². The van der Waals surface area contributed by atoms with Crippen molar-refractivity contribution in [2.24, 2.45) is 0 Å². The summed E-state index contributed by atoms with van der Waals surface area (Å²) in [5.41, 5.74) is 0.625. The molecular formula is C23H17ClFN3O3S. The minimum absolute atomic E-state index is 0.0527. The zero-order chi connectivity index (χ0) is 22.7. The summed E-state index contributed by atoms with van der Waals surface area (Å²) < 4.78 is 20.8. The minimum Gasteiger partial charge on any atom is -0.495 e. The van der Waals surface area contributed by atoms with Crippen LogP contribution in [0, 0.1) is 5.82 Å². The molecule has 0 atom stereocenters. The standard InChI is InChI=1S/C23H17ClFN3O3S/c1-31-20-11-10-14(12-16(20)24)26-21(29)13-32-23-27-18-8-4-2-6-15(18)22(30)28(23)19-9-5-3-7-17(19)25/h2-12H,13H2,1H3,(H,26,29). The maximum Gasteiger partial charge on any atom is 0.266 e. The largest absolute Gasteiger partial charge is 0.495 e. The van der Waals surface area contributed by atoms with E-state index in [0.717, 1.165) is 11.8 Å². The lowest BCUT2D eigenvalue weighted by atomic mass is 10.2. The molecule has 1 N–H and O–H groups in total. The summed E-state index contributed by atoms with van der Waals surface area (Å²) in [5, 5.41) is 3.67. The van der Waals surface area contributed by atoms with Crippen molar-refractivity contribution < 1.29 is 13.9 Å². The summed E-state index contributed by atoms with van der Waals surface area (Å²) in [6.07, 6.45) is 0. The number of rotatable bonds is 6. The molecular weight excluding hydrogens is 453 g/mol. The Balaban J connectivity index is 1.64. The van der Waals surface area contributed by atoms with E-state index in [9.17, 15) is 14.0 Å². The topological polar surface area (TPSA) is 73.2 Å². The molecule has 0 unspecified atom stereocenters. The van der Waals surface area contributed by atoms with Gasteiger partial charge in [-0.3, -0.25) is 14.2 Å². The molecule has 162 valence electrons. The van der Waals surface area contributed by atoms with Gasteiger partial charge in [0, 0.05) is 5.69 Å². The monoisotopic (exact) mass is 469 g/mol. The van der Waals surface area contributed by atoms with Crippen LogP contribution in [0.4, 0.5) is 10.1 Å². The fourth-order valence-corrected chi connectivity index (χ4v) is 4.19. The Morgan fingerprint density at radius 1 is 1.16 bits per heavy atom. The van der Waals surface area contributed by atoms with E-state index in [0.29, 0.717) is 27.4 Å². The molecule has 1 amide bonds. The second-order valence-electron chi connectivity index (χ2n) is 6.69. The average molecular weight is 470 g/mol. The van der Waals surface area contributed by atoms with Crippen LogP contribution in [0.15, 0.2) is 76.7 Å². The van der Waals surface area contributed by atoms with E-state index in [1.165, 1.54) is 23.8 Å². The van der Waals surface area contributed by atoms with Crippen molar-refractivity contribution in [2.45, 2.75) is 5.16 Å². The number of hydrogen-bond donors (Lipinski definition) is 1. The molecule has 4 aromatic rings. The van der Waals surface area contributed by atoms with Crippen molar-refractivity contribution in [1.82, 2.24) is 9.55 Å². The molecule has 0 saturated heterocycles. The first-order valence-corrected chi connectivity index (χ1v) is 10.9. The number of carbonyl (C=O) groups is 1. The van der Waals surface area contributed by atoms with Crippen LogP contribution >= 0.6 is 23.4 Å². The lowest BCUT2D eigenvalue weighted by molar-refractivity contribution is -0.113. The molecule has 0 aliphatic carbocycles. The number of nitrogens with zero attached hydrogens (tertiary/aromatic N) is 2. The molecule has 0 aliphatic rings. The van der Waals surface area contributed by atoms with Crippen LogP contribution in [0.25, 0.3) is 16.6 Å². The summed E-state index contributed by atoms with van der Waals surface area (Å²) in [6.45, 7) is 0. The van der Waals surface area contributed by atoms with Crippen LogP contribution < -0.4 is 15.6 Å². The first-order valence-electron chi connectivity index (χ1n) is 9.51. The summed E-state index contributed by atoms with van der Waals surface area (Å²) in [4.78, 5) is 30.2. The van der Waals surface area contributed by atoms with Crippen LogP contribution in [0.2, 0.25) is 5.02 Å². The molecule has 1 aromatic heterocycles. The number of ether oxygens (including phenoxy) is 1. The van der Waals surface area contributed by atoms with Gasteiger partial charge in [-0.05, 0) is 42.5 Å². The first kappa shape index (κ1) is 21.9. The van der Waals surface area contributed by atoms with Crippen molar-refractivity contribution in [1.29, 1.82) is 0 Å². The highest BCUT2D eigenvalue weighted by Crippen LogP contribution is 2.28. The van der Waals surface area contributed by atoms with Crippen molar-refractivity contribution in [3.05, 3.63) is 87.9 Å². The number of amides is 1. The highest BCUT2D eigenvalue weighted by atomic mass is 35.5. The van der Waals surface area contributed by atoms with Gasteiger partial charge in [-0.1, -0.05) is 47.6 Å². The van der Waals surface area contributed by atoms with Gasteiger partial charge in [0.25, 0.3) is 5.56 Å². The number of methoxy groups -OCH3 is 1. The fourth-order valence-electron chi connectivity index (χ4n) is 3.13. The molecule has 6 nitrogen and oxygen atoms in total. The molecule has 3 aromatic carbocycles. The van der Waals surface area contributed by atoms with Gasteiger partial charge < -0.3 is 10.1 Å². The lowest BCUT2D eigenvalue weighted by Gasteiger charge is -2.14. The number of anilines is 1. The van der Waals surface area contributed by atoms with Crippen molar-refractivity contribution in [3.8, 4) is 11.4 Å². The van der Waals surface area contributed by atoms with E-state index < -0.39 is 11.4 Å². The number of benzene rings is 3. The molecule has 32 heavy (non-hydrogen) atoms. The summed E-state index contributed by atoms with van der Waals surface area (Å²) in [7, 11) is 1.50. The Morgan fingerprint density at radius 2 is 1.91 bits per heavy atom. The van der Waals surface area contributed by atoms with Gasteiger partial charge in [-0.25, -0.2) is 9.37 Å². The first-order chi connectivity index (χ1) is 15.5. The molecule has 0 spiro atoms. The van der Waals surface area contributed by atoms with Crippen molar-refractivity contribution in [2.75, 3.05) is 18.2 Å². The fraction of sp³-hybridized carbons (Fsp3) is 0.0870. The lowest BCUT2D eigenvalue weighted by Crippen LogP contribution is -2.23. The Hall–Kier alpha value is -3.36. The molecule has 4 rings (SSSR count). The Labute approximate surface area is 192 Å². The molecule has 0 bridgehead atoms. The number of para-hydroxylation sites is 2. The Bertz CT molecular complexity index is 1380. The Morgan fingerprint density at radius 3 is 2.66 bits per heavy atom. The number of thioether (sulfide) groups is 1. The third kappa shape index (κ3) is 4.46. The molecule has 0 fully saturated rings. The van der Waals surface area contributed by atoms with E-state index in [1.54, 1.807) is 54.6 Å². The molecule has 9 heteroatoms. The number of nitrogens with one attached hydrogen (secondary N) is 1. The smallest absolute Gasteiger partial charge is 0.266 e. The van der Waals surface area contributed by atoms with Crippen molar-refractivity contribution >= 4 is 45.9 Å². The second-order valence-corrected chi connectivity index (χ2v) is 8.04. The maximum absolute atomic E-state index is 14.5. The number of carbonyl (C=O) groups excluding carboxylic acids is 1. The zero-order valence-corrected chi connectivity index (χ0v) is 18.4. The van der Waals surface area contributed by atoms with E-state index in [4.69, 9.17) is 16.3 Å². The molecule has 0 radical (unpaired) electrons. The van der Waals surface area contributed by atoms with Crippen LogP contribution in [0.3, 0.4) is 0 Å². The third-order valence-corrected chi connectivity index (χ3v) is 5.84. The number of aromatic nitrogens is 2. The number of halogens is 2. The van der Waals surface area contributed by atoms with E-state index in [-0.39, 0.29) is 22.5 Å². The maximum atomic E-state index is 14.5. The van der Waals surface area contributed by atoms with Crippen LogP contribution in [-0.4, -0.2) is 28.3 Å². The predicted molar refractivity (Wildman–Crippen MR) is 125 cm³/mol.